The number of carbonyl (C=O) groups is 2. The van der Waals surface area contributed by atoms with Crippen molar-refractivity contribution < 1.29 is 19.4 Å². The fourth-order valence-electron chi connectivity index (χ4n) is 2.50. The molecular weight excluding hydrogens is 344 g/mol. The number of carboxylic acid groups (broad SMARTS) is 1. The van der Waals surface area contributed by atoms with Crippen LogP contribution in [-0.2, 0) is 0 Å². The molecule has 27 heavy (non-hydrogen) atoms. The average molecular weight is 362 g/mol. The quantitative estimate of drug-likeness (QED) is 0.602. The molecule has 0 saturated carbocycles. The van der Waals surface area contributed by atoms with Crippen molar-refractivity contribution in [2.24, 2.45) is 0 Å². The summed E-state index contributed by atoms with van der Waals surface area (Å²) in [5, 5.41) is 14.9. The van der Waals surface area contributed by atoms with E-state index in [0.717, 1.165) is 5.69 Å². The summed E-state index contributed by atoms with van der Waals surface area (Å²) in [6, 6.07) is 20.4. The molecule has 0 aromatic heterocycles. The van der Waals surface area contributed by atoms with E-state index in [4.69, 9.17) is 4.74 Å². The van der Waals surface area contributed by atoms with Gasteiger partial charge in [0.1, 0.15) is 11.5 Å². The second-order valence-electron chi connectivity index (χ2n) is 5.71. The number of anilines is 2. The molecule has 136 valence electrons. The van der Waals surface area contributed by atoms with E-state index in [-0.39, 0.29) is 11.1 Å². The van der Waals surface area contributed by atoms with Crippen LogP contribution in [0, 0.1) is 0 Å². The predicted octanol–water partition coefficient (Wildman–Crippen LogP) is 4.47. The molecule has 0 radical (unpaired) electrons. The van der Waals surface area contributed by atoms with E-state index in [0.29, 0.717) is 17.2 Å². The monoisotopic (exact) mass is 362 g/mol. The summed E-state index contributed by atoms with van der Waals surface area (Å²) in [6.45, 7) is 0. The summed E-state index contributed by atoms with van der Waals surface area (Å²) in [4.78, 5) is 23.6. The Bertz CT molecular complexity index is 951. The van der Waals surface area contributed by atoms with Gasteiger partial charge in [0.25, 0.3) is 5.91 Å². The molecule has 0 fully saturated rings. The van der Waals surface area contributed by atoms with E-state index in [1.54, 1.807) is 36.4 Å². The molecule has 3 rings (SSSR count). The number of carbonyl (C=O) groups excluding carboxylic acids is 1. The lowest BCUT2D eigenvalue weighted by Crippen LogP contribution is -2.16. The fraction of sp³-hybridized carbons (Fsp3) is 0.0476. The molecule has 0 aliphatic heterocycles. The molecular formula is C21H18N2O4. The third-order valence-electron chi connectivity index (χ3n) is 3.89. The highest BCUT2D eigenvalue weighted by molar-refractivity contribution is 6.10. The van der Waals surface area contributed by atoms with Crippen molar-refractivity contribution in [2.75, 3.05) is 17.7 Å². The van der Waals surface area contributed by atoms with Crippen LogP contribution in [-0.4, -0.2) is 24.0 Å². The molecule has 0 bridgehead atoms. The number of aromatic carboxylic acids is 1. The first-order valence-electron chi connectivity index (χ1n) is 8.26. The van der Waals surface area contributed by atoms with Gasteiger partial charge in [-0.15, -0.1) is 0 Å². The molecule has 0 spiro atoms. The Morgan fingerprint density at radius 1 is 0.778 bits per heavy atom. The van der Waals surface area contributed by atoms with Crippen molar-refractivity contribution in [3.63, 3.8) is 0 Å². The van der Waals surface area contributed by atoms with E-state index < -0.39 is 11.9 Å². The molecule has 6 nitrogen and oxygen atoms in total. The van der Waals surface area contributed by atoms with E-state index in [2.05, 4.69) is 10.6 Å². The van der Waals surface area contributed by atoms with Crippen LogP contribution in [0.4, 0.5) is 11.4 Å². The van der Waals surface area contributed by atoms with Crippen LogP contribution in [0.15, 0.2) is 72.8 Å². The summed E-state index contributed by atoms with van der Waals surface area (Å²) < 4.78 is 5.75. The van der Waals surface area contributed by atoms with Crippen molar-refractivity contribution >= 4 is 23.3 Å². The third kappa shape index (κ3) is 4.43. The van der Waals surface area contributed by atoms with Gasteiger partial charge in [-0.2, -0.15) is 0 Å². The van der Waals surface area contributed by atoms with Crippen molar-refractivity contribution in [3.05, 3.63) is 83.9 Å². The van der Waals surface area contributed by atoms with Gasteiger partial charge in [0.05, 0.1) is 11.1 Å². The van der Waals surface area contributed by atoms with Gasteiger partial charge >= 0.3 is 5.97 Å². The van der Waals surface area contributed by atoms with Gasteiger partial charge in [-0.05, 0) is 60.7 Å². The van der Waals surface area contributed by atoms with E-state index in [1.165, 1.54) is 12.1 Å². The summed E-state index contributed by atoms with van der Waals surface area (Å²) in [5.41, 5.74) is 1.59. The SMILES string of the molecule is CNc1ccc(Oc2ccc(NC(=O)c3ccccc3C(=O)O)cc2)cc1. The molecule has 0 heterocycles. The smallest absolute Gasteiger partial charge is 0.336 e. The molecule has 3 N–H and O–H groups in total. The van der Waals surface area contributed by atoms with Crippen LogP contribution >= 0.6 is 0 Å². The maximum atomic E-state index is 12.4. The Kier molecular flexibility index (Phi) is 5.37. The maximum Gasteiger partial charge on any atom is 0.336 e. The Morgan fingerprint density at radius 3 is 1.81 bits per heavy atom. The lowest BCUT2D eigenvalue weighted by Gasteiger charge is -2.10. The summed E-state index contributed by atoms with van der Waals surface area (Å²) in [6.07, 6.45) is 0. The number of hydrogen-bond donors (Lipinski definition) is 3. The zero-order valence-electron chi connectivity index (χ0n) is 14.6. The molecule has 6 heteroatoms. The summed E-state index contributed by atoms with van der Waals surface area (Å²) >= 11 is 0. The minimum atomic E-state index is -1.14. The Hall–Kier alpha value is -3.80. The normalized spacial score (nSPS) is 10.1. The molecule has 0 aliphatic carbocycles. The highest BCUT2D eigenvalue weighted by Crippen LogP contribution is 2.24. The third-order valence-corrected chi connectivity index (χ3v) is 3.89. The van der Waals surface area contributed by atoms with Crippen molar-refractivity contribution in [1.29, 1.82) is 0 Å². The van der Waals surface area contributed by atoms with Crippen LogP contribution in [0.5, 0.6) is 11.5 Å². The highest BCUT2D eigenvalue weighted by Gasteiger charge is 2.15. The summed E-state index contributed by atoms with van der Waals surface area (Å²) in [7, 11) is 1.84. The van der Waals surface area contributed by atoms with Gasteiger partial charge in [-0.1, -0.05) is 12.1 Å². The Balaban J connectivity index is 1.68. The Morgan fingerprint density at radius 2 is 1.30 bits per heavy atom. The fourth-order valence-corrected chi connectivity index (χ4v) is 2.50. The topological polar surface area (TPSA) is 87.7 Å². The molecule has 0 saturated heterocycles. The number of rotatable bonds is 6. The molecule has 0 unspecified atom stereocenters. The number of nitrogens with one attached hydrogen (secondary N) is 2. The number of benzene rings is 3. The lowest BCUT2D eigenvalue weighted by molar-refractivity contribution is 0.0692. The van der Waals surface area contributed by atoms with E-state index >= 15 is 0 Å². The molecule has 0 atom stereocenters. The predicted molar refractivity (Wildman–Crippen MR) is 104 cm³/mol. The van der Waals surface area contributed by atoms with Gasteiger partial charge < -0.3 is 20.5 Å². The number of ether oxygens (including phenoxy) is 1. The zero-order valence-corrected chi connectivity index (χ0v) is 14.6. The van der Waals surface area contributed by atoms with Crippen LogP contribution in [0.2, 0.25) is 0 Å². The molecule has 1 amide bonds. The first-order valence-corrected chi connectivity index (χ1v) is 8.26. The zero-order chi connectivity index (χ0) is 19.2. The van der Waals surface area contributed by atoms with Gasteiger partial charge in [-0.3, -0.25) is 4.79 Å². The van der Waals surface area contributed by atoms with Crippen LogP contribution in [0.3, 0.4) is 0 Å². The maximum absolute atomic E-state index is 12.4. The lowest BCUT2D eigenvalue weighted by atomic mass is 10.1. The van der Waals surface area contributed by atoms with E-state index in [1.807, 2.05) is 31.3 Å². The van der Waals surface area contributed by atoms with Gasteiger partial charge in [0, 0.05) is 18.4 Å². The number of carboxylic acids is 1. The van der Waals surface area contributed by atoms with Crippen molar-refractivity contribution in [3.8, 4) is 11.5 Å². The van der Waals surface area contributed by atoms with E-state index in [9.17, 15) is 14.7 Å². The second-order valence-corrected chi connectivity index (χ2v) is 5.71. The number of amides is 1. The van der Waals surface area contributed by atoms with Gasteiger partial charge in [0.15, 0.2) is 0 Å². The van der Waals surface area contributed by atoms with Crippen LogP contribution in [0.25, 0.3) is 0 Å². The van der Waals surface area contributed by atoms with Crippen LogP contribution < -0.4 is 15.4 Å². The van der Waals surface area contributed by atoms with Gasteiger partial charge in [0.2, 0.25) is 0 Å². The minimum Gasteiger partial charge on any atom is -0.478 e. The van der Waals surface area contributed by atoms with Crippen molar-refractivity contribution in [2.45, 2.75) is 0 Å². The largest absolute Gasteiger partial charge is 0.478 e. The number of hydrogen-bond acceptors (Lipinski definition) is 4. The molecule has 3 aromatic rings. The standard InChI is InChI=1S/C21H18N2O4/c1-22-14-6-10-16(11-7-14)27-17-12-8-15(9-13-17)23-20(24)18-4-2-3-5-19(18)21(25)26/h2-13,22H,1H3,(H,23,24)(H,25,26). The van der Waals surface area contributed by atoms with Gasteiger partial charge in [-0.25, -0.2) is 4.79 Å². The first kappa shape index (κ1) is 18.0. The minimum absolute atomic E-state index is 0.0417. The Labute approximate surface area is 156 Å². The molecule has 0 aliphatic rings. The first-order chi connectivity index (χ1) is 13.1. The molecule has 3 aromatic carbocycles. The average Bonchev–Trinajstić information content (AvgIpc) is 2.70. The highest BCUT2D eigenvalue weighted by atomic mass is 16.5. The van der Waals surface area contributed by atoms with Crippen LogP contribution in [0.1, 0.15) is 20.7 Å². The second kappa shape index (κ2) is 8.05. The summed E-state index contributed by atoms with van der Waals surface area (Å²) in [5.74, 6) is -0.310. The van der Waals surface area contributed by atoms with Crippen molar-refractivity contribution in [1.82, 2.24) is 0 Å².